The van der Waals surface area contributed by atoms with Crippen LogP contribution in [0.5, 0.6) is 0 Å². The summed E-state index contributed by atoms with van der Waals surface area (Å²) < 4.78 is 0. The van der Waals surface area contributed by atoms with Gasteiger partial charge in [-0.2, -0.15) is 0 Å². The molecule has 3 N–H and O–H groups in total. The largest absolute Gasteiger partial charge is 0.354 e. The van der Waals surface area contributed by atoms with E-state index in [9.17, 15) is 0 Å². The molecule has 312 valence electrons. The van der Waals surface area contributed by atoms with E-state index < -0.39 is 6.04 Å². The molecule has 0 radical (unpaired) electrons. The third-order valence-corrected chi connectivity index (χ3v) is 13.3. The maximum absolute atomic E-state index is 7.43. The number of nitrogens with one attached hydrogen (secondary N) is 1. The summed E-state index contributed by atoms with van der Waals surface area (Å²) in [5.74, 6) is 0. The molecular weight excluding hydrogens is 787 g/mol. The van der Waals surface area contributed by atoms with Crippen LogP contribution in [-0.2, 0) is 5.41 Å². The topological polar surface area (TPSA) is 41.3 Å². The summed E-state index contributed by atoms with van der Waals surface area (Å²) in [7, 11) is 0. The second-order valence-electron chi connectivity index (χ2n) is 17.6. The molecule has 11 rings (SSSR count). The summed E-state index contributed by atoms with van der Waals surface area (Å²) in [6.45, 7) is 4.70. The minimum Gasteiger partial charge on any atom is -0.354 e. The van der Waals surface area contributed by atoms with Crippen molar-refractivity contribution in [2.75, 3.05) is 4.90 Å². The van der Waals surface area contributed by atoms with E-state index in [-0.39, 0.29) is 5.41 Å². The summed E-state index contributed by atoms with van der Waals surface area (Å²) in [6, 6.07) is 82.4. The van der Waals surface area contributed by atoms with Crippen molar-refractivity contribution in [2.24, 2.45) is 5.73 Å². The number of benzene rings is 9. The summed E-state index contributed by atoms with van der Waals surface area (Å²) in [4.78, 5) is 2.45. The van der Waals surface area contributed by atoms with E-state index >= 15 is 0 Å². The second kappa shape index (κ2) is 16.6. The van der Waals surface area contributed by atoms with E-state index in [1.807, 2.05) is 6.07 Å². The van der Waals surface area contributed by atoms with E-state index in [0.29, 0.717) is 0 Å². The van der Waals surface area contributed by atoms with Crippen molar-refractivity contribution in [3.05, 3.63) is 269 Å². The van der Waals surface area contributed by atoms with Crippen LogP contribution in [0, 0.1) is 0 Å². The Balaban J connectivity index is 1.12. The van der Waals surface area contributed by atoms with Crippen LogP contribution < -0.4 is 16.0 Å². The van der Waals surface area contributed by atoms with Crippen LogP contribution in [0.2, 0.25) is 0 Å². The summed E-state index contributed by atoms with van der Waals surface area (Å²) in [5.41, 5.74) is 29.0. The number of rotatable bonds is 9. The predicted octanol–water partition coefficient (Wildman–Crippen LogP) is 15.5. The Kier molecular flexibility index (Phi) is 10.2. The van der Waals surface area contributed by atoms with Gasteiger partial charge in [-0.15, -0.1) is 0 Å². The molecule has 0 saturated carbocycles. The van der Waals surface area contributed by atoms with Gasteiger partial charge in [-0.25, -0.2) is 0 Å². The van der Waals surface area contributed by atoms with Gasteiger partial charge in [0.25, 0.3) is 0 Å². The molecule has 1 heterocycles. The van der Waals surface area contributed by atoms with Gasteiger partial charge in [0, 0.05) is 39.2 Å². The van der Waals surface area contributed by atoms with Crippen LogP contribution >= 0.6 is 0 Å². The highest BCUT2D eigenvalue weighted by molar-refractivity contribution is 6.04. The van der Waals surface area contributed by atoms with Crippen molar-refractivity contribution in [3.63, 3.8) is 0 Å². The molecule has 3 nitrogen and oxygen atoms in total. The molecule has 0 spiro atoms. The first-order chi connectivity index (χ1) is 31.9. The Bertz CT molecular complexity index is 3220. The van der Waals surface area contributed by atoms with E-state index in [1.54, 1.807) is 0 Å². The third-order valence-electron chi connectivity index (χ3n) is 13.3. The molecule has 3 heteroatoms. The molecule has 9 aromatic rings. The molecule has 0 bridgehead atoms. The van der Waals surface area contributed by atoms with E-state index in [1.165, 1.54) is 44.5 Å². The highest BCUT2D eigenvalue weighted by atomic mass is 15.1. The van der Waals surface area contributed by atoms with Crippen molar-refractivity contribution in [1.82, 2.24) is 5.32 Å². The number of hydrogen-bond acceptors (Lipinski definition) is 3. The average Bonchev–Trinajstić information content (AvgIpc) is 3.61. The van der Waals surface area contributed by atoms with Gasteiger partial charge in [-0.1, -0.05) is 214 Å². The van der Waals surface area contributed by atoms with Crippen molar-refractivity contribution in [2.45, 2.75) is 25.3 Å². The van der Waals surface area contributed by atoms with Gasteiger partial charge in [0.1, 0.15) is 0 Å². The number of anilines is 3. The normalized spacial score (nSPS) is 14.5. The highest BCUT2D eigenvalue weighted by Crippen LogP contribution is 2.54. The minimum atomic E-state index is -0.408. The standard InChI is InChI=1S/C62H49N3/c1-62(2)54-27-16-15-26-52(54)59-55(62)28-17-29-57(59)65(50-37-34-45(35-38-50)44-32-30-43(31-33-44)42-18-7-3-8-19-42)51-39-36-49-40-56(46-20-9-4-10-21-46)64-61(53(49)41-51)58(47-22-11-5-12-23-47)60(63)48-24-13-6-14-25-48/h3-41,60,64H,63H2,1-2H3/b61-58-. The number of fused-ring (bicyclic) bond motifs is 4. The number of hydrogen-bond donors (Lipinski definition) is 2. The van der Waals surface area contributed by atoms with Crippen molar-refractivity contribution in [3.8, 4) is 33.4 Å². The van der Waals surface area contributed by atoms with Gasteiger partial charge < -0.3 is 16.0 Å². The molecule has 0 amide bonds. The predicted molar refractivity (Wildman–Crippen MR) is 274 cm³/mol. The Morgan fingerprint density at radius 2 is 1.00 bits per heavy atom. The zero-order chi connectivity index (χ0) is 43.9. The summed E-state index contributed by atoms with van der Waals surface area (Å²) in [5, 5.41) is 3.97. The summed E-state index contributed by atoms with van der Waals surface area (Å²) >= 11 is 0. The Morgan fingerprint density at radius 3 is 1.66 bits per heavy atom. The molecular formula is C62H49N3. The van der Waals surface area contributed by atoms with Crippen LogP contribution in [0.25, 0.3) is 56.4 Å². The minimum absolute atomic E-state index is 0.157. The lowest BCUT2D eigenvalue weighted by atomic mass is 9.82. The van der Waals surface area contributed by atoms with Gasteiger partial charge >= 0.3 is 0 Å². The average molecular weight is 836 g/mol. The quantitative estimate of drug-likeness (QED) is 0.152. The maximum atomic E-state index is 7.43. The van der Waals surface area contributed by atoms with Crippen molar-refractivity contribution >= 4 is 40.1 Å². The van der Waals surface area contributed by atoms with Crippen LogP contribution in [0.3, 0.4) is 0 Å². The van der Waals surface area contributed by atoms with Crippen molar-refractivity contribution < 1.29 is 0 Å². The first kappa shape index (κ1) is 39.8. The first-order valence-corrected chi connectivity index (χ1v) is 22.5. The van der Waals surface area contributed by atoms with Crippen LogP contribution in [0.4, 0.5) is 17.1 Å². The SMILES string of the molecule is CC1(C)c2ccccc2-c2c(N(c3ccc(-c4ccc(-c5ccccc5)cc4)cc3)c3ccc4c(c3)/C(=C(\c3ccccc3)C(N)c3ccccc3)NC(c3ccccc3)=C4)cccc21. The lowest BCUT2D eigenvalue weighted by Gasteiger charge is -2.32. The van der Waals surface area contributed by atoms with E-state index in [2.05, 4.69) is 255 Å². The van der Waals surface area contributed by atoms with Gasteiger partial charge in [0.05, 0.1) is 17.4 Å². The molecule has 0 fully saturated rings. The Labute approximate surface area is 382 Å². The zero-order valence-electron chi connectivity index (χ0n) is 36.6. The lowest BCUT2D eigenvalue weighted by molar-refractivity contribution is 0.660. The second-order valence-corrected chi connectivity index (χ2v) is 17.6. The fourth-order valence-corrected chi connectivity index (χ4v) is 9.97. The number of nitrogens with zero attached hydrogens (tertiary/aromatic N) is 1. The molecule has 0 aromatic heterocycles. The molecule has 1 atom stereocenters. The van der Waals surface area contributed by atoms with Gasteiger partial charge in [-0.05, 0) is 97.6 Å². The van der Waals surface area contributed by atoms with E-state index in [4.69, 9.17) is 5.73 Å². The maximum Gasteiger partial charge on any atom is 0.0578 e. The monoisotopic (exact) mass is 835 g/mol. The fraction of sp³-hybridized carbons (Fsp3) is 0.0645. The third kappa shape index (κ3) is 7.26. The van der Waals surface area contributed by atoms with Gasteiger partial charge in [-0.3, -0.25) is 0 Å². The zero-order valence-corrected chi connectivity index (χ0v) is 36.6. The van der Waals surface area contributed by atoms with Crippen molar-refractivity contribution in [1.29, 1.82) is 0 Å². The molecule has 1 aliphatic heterocycles. The van der Waals surface area contributed by atoms with Crippen LogP contribution in [0.15, 0.2) is 231 Å². The molecule has 1 aliphatic carbocycles. The number of nitrogens with two attached hydrogens (primary N) is 1. The lowest BCUT2D eigenvalue weighted by Crippen LogP contribution is -2.23. The highest BCUT2D eigenvalue weighted by Gasteiger charge is 2.38. The molecule has 1 unspecified atom stereocenters. The van der Waals surface area contributed by atoms with Gasteiger partial charge in [0.2, 0.25) is 0 Å². The molecule has 0 saturated heterocycles. The smallest absolute Gasteiger partial charge is 0.0578 e. The molecule has 9 aromatic carbocycles. The Hall–Kier alpha value is -7.98. The van der Waals surface area contributed by atoms with Crippen LogP contribution in [0.1, 0.15) is 58.8 Å². The van der Waals surface area contributed by atoms with Crippen LogP contribution in [-0.4, -0.2) is 0 Å². The molecule has 65 heavy (non-hydrogen) atoms. The first-order valence-electron chi connectivity index (χ1n) is 22.5. The Morgan fingerprint density at radius 1 is 0.477 bits per heavy atom. The fourth-order valence-electron chi connectivity index (χ4n) is 9.97. The molecule has 2 aliphatic rings. The van der Waals surface area contributed by atoms with E-state index in [0.717, 1.165) is 61.8 Å². The van der Waals surface area contributed by atoms with Gasteiger partial charge in [0.15, 0.2) is 0 Å². The summed E-state index contributed by atoms with van der Waals surface area (Å²) in [6.07, 6.45) is 2.27.